The van der Waals surface area contributed by atoms with Crippen molar-refractivity contribution in [2.24, 2.45) is 5.92 Å². The van der Waals surface area contributed by atoms with Gasteiger partial charge in [-0.1, -0.05) is 0 Å². The third-order valence-electron chi connectivity index (χ3n) is 4.63. The van der Waals surface area contributed by atoms with E-state index in [-0.39, 0.29) is 6.10 Å². The summed E-state index contributed by atoms with van der Waals surface area (Å²) in [7, 11) is 0. The largest absolute Gasteiger partial charge is 0.463 e. The molecule has 0 aromatic carbocycles. The zero-order chi connectivity index (χ0) is 15.5. The molecule has 1 saturated heterocycles. The number of hydrogen-bond acceptors (Lipinski definition) is 7. The van der Waals surface area contributed by atoms with E-state index in [1.165, 1.54) is 5.01 Å². The standard InChI is InChI=1S/C16H20N4O2S/c1-4-18-16(19-5-1)22-11-12-2-3-13-15(12)21-8-7-20(13)10-14-17-6-9-23-14/h1,4-6,9,12-13,15H,2-3,7-8,10-11H2/t12-,13+,15+/m0/s1. The third kappa shape index (κ3) is 3.36. The molecule has 0 N–H and O–H groups in total. The summed E-state index contributed by atoms with van der Waals surface area (Å²) in [5.41, 5.74) is 0. The Labute approximate surface area is 139 Å². The molecule has 3 atom stereocenters. The maximum atomic E-state index is 6.07. The Hall–Kier alpha value is -1.57. The first-order chi connectivity index (χ1) is 11.4. The molecule has 23 heavy (non-hydrogen) atoms. The van der Waals surface area contributed by atoms with Crippen LogP contribution in [0.4, 0.5) is 0 Å². The Bertz CT molecular complexity index is 610. The summed E-state index contributed by atoms with van der Waals surface area (Å²) in [5.74, 6) is 0.405. The minimum Gasteiger partial charge on any atom is -0.463 e. The first kappa shape index (κ1) is 15.0. The van der Waals surface area contributed by atoms with E-state index in [9.17, 15) is 0 Å². The summed E-state index contributed by atoms with van der Waals surface area (Å²) in [4.78, 5) is 15.2. The second-order valence-electron chi connectivity index (χ2n) is 5.98. The van der Waals surface area contributed by atoms with Crippen LogP contribution in [0.2, 0.25) is 0 Å². The van der Waals surface area contributed by atoms with Crippen LogP contribution in [-0.4, -0.2) is 51.8 Å². The molecule has 4 rings (SSSR count). The fourth-order valence-corrected chi connectivity index (χ4v) is 4.20. The van der Waals surface area contributed by atoms with Crippen molar-refractivity contribution in [1.29, 1.82) is 0 Å². The molecule has 122 valence electrons. The van der Waals surface area contributed by atoms with Crippen LogP contribution in [-0.2, 0) is 11.3 Å². The molecule has 0 radical (unpaired) electrons. The Morgan fingerprint density at radius 2 is 2.13 bits per heavy atom. The van der Waals surface area contributed by atoms with Crippen molar-refractivity contribution in [2.75, 3.05) is 19.8 Å². The fraction of sp³-hybridized carbons (Fsp3) is 0.562. The molecule has 2 aromatic heterocycles. The van der Waals surface area contributed by atoms with E-state index in [0.29, 0.717) is 24.6 Å². The van der Waals surface area contributed by atoms with Gasteiger partial charge in [0, 0.05) is 42.5 Å². The van der Waals surface area contributed by atoms with Crippen molar-refractivity contribution in [1.82, 2.24) is 19.9 Å². The van der Waals surface area contributed by atoms with Crippen LogP contribution in [0.3, 0.4) is 0 Å². The number of nitrogens with zero attached hydrogens (tertiary/aromatic N) is 4. The van der Waals surface area contributed by atoms with Gasteiger partial charge in [0.1, 0.15) is 5.01 Å². The van der Waals surface area contributed by atoms with E-state index in [2.05, 4.69) is 19.9 Å². The van der Waals surface area contributed by atoms with E-state index < -0.39 is 0 Å². The maximum Gasteiger partial charge on any atom is 0.316 e. The minimum absolute atomic E-state index is 0.243. The second-order valence-corrected chi connectivity index (χ2v) is 6.96. The van der Waals surface area contributed by atoms with Gasteiger partial charge in [0.15, 0.2) is 0 Å². The average Bonchev–Trinajstić information content (AvgIpc) is 3.24. The van der Waals surface area contributed by atoms with Crippen molar-refractivity contribution in [2.45, 2.75) is 31.5 Å². The molecule has 2 aromatic rings. The van der Waals surface area contributed by atoms with Gasteiger partial charge in [0.25, 0.3) is 0 Å². The van der Waals surface area contributed by atoms with Crippen molar-refractivity contribution in [3.05, 3.63) is 35.0 Å². The average molecular weight is 332 g/mol. The van der Waals surface area contributed by atoms with Gasteiger partial charge in [0.05, 0.1) is 25.9 Å². The lowest BCUT2D eigenvalue weighted by Crippen LogP contribution is -2.50. The predicted molar refractivity (Wildman–Crippen MR) is 86.3 cm³/mol. The van der Waals surface area contributed by atoms with Crippen molar-refractivity contribution >= 4 is 11.3 Å². The van der Waals surface area contributed by atoms with Gasteiger partial charge in [-0.3, -0.25) is 4.90 Å². The van der Waals surface area contributed by atoms with Gasteiger partial charge in [-0.05, 0) is 18.9 Å². The molecule has 6 nitrogen and oxygen atoms in total. The monoisotopic (exact) mass is 332 g/mol. The van der Waals surface area contributed by atoms with Crippen molar-refractivity contribution in [3.63, 3.8) is 0 Å². The summed E-state index contributed by atoms with van der Waals surface area (Å²) < 4.78 is 11.8. The number of fused-ring (bicyclic) bond motifs is 1. The van der Waals surface area contributed by atoms with E-state index in [0.717, 1.165) is 32.5 Å². The fourth-order valence-electron chi connectivity index (χ4n) is 3.56. The van der Waals surface area contributed by atoms with Crippen LogP contribution in [0.5, 0.6) is 6.01 Å². The van der Waals surface area contributed by atoms with E-state index >= 15 is 0 Å². The number of rotatable bonds is 5. The van der Waals surface area contributed by atoms with Crippen LogP contribution in [0.25, 0.3) is 0 Å². The summed E-state index contributed by atoms with van der Waals surface area (Å²) in [6.45, 7) is 3.31. The SMILES string of the molecule is c1cnc(OC[C@@H]2CC[C@@H]3[C@@H]2OCCN3Cc2nccs2)nc1. The van der Waals surface area contributed by atoms with E-state index in [1.54, 1.807) is 29.8 Å². The highest BCUT2D eigenvalue weighted by molar-refractivity contribution is 7.09. The number of thiazole rings is 1. The van der Waals surface area contributed by atoms with Crippen molar-refractivity contribution in [3.8, 4) is 6.01 Å². The molecule has 3 heterocycles. The molecule has 0 amide bonds. The zero-order valence-electron chi connectivity index (χ0n) is 12.9. The predicted octanol–water partition coefficient (Wildman–Crippen LogP) is 1.99. The van der Waals surface area contributed by atoms with Gasteiger partial charge >= 0.3 is 6.01 Å². The molecule has 2 aliphatic rings. The molecule has 2 fully saturated rings. The molecule has 7 heteroatoms. The number of hydrogen-bond donors (Lipinski definition) is 0. The summed E-state index contributed by atoms with van der Waals surface area (Å²) in [6, 6.07) is 2.71. The normalized spacial score (nSPS) is 27.7. The molecule has 1 saturated carbocycles. The highest BCUT2D eigenvalue weighted by Crippen LogP contribution is 2.35. The van der Waals surface area contributed by atoms with E-state index in [4.69, 9.17) is 9.47 Å². The minimum atomic E-state index is 0.243. The summed E-state index contributed by atoms with van der Waals surface area (Å²) in [5, 5.41) is 3.22. The Kier molecular flexibility index (Phi) is 4.50. The van der Waals surface area contributed by atoms with Gasteiger partial charge in [-0.25, -0.2) is 15.0 Å². The summed E-state index contributed by atoms with van der Waals surface area (Å²) in [6.07, 6.45) is 7.80. The Balaban J connectivity index is 1.37. The quantitative estimate of drug-likeness (QED) is 0.834. The zero-order valence-corrected chi connectivity index (χ0v) is 13.7. The van der Waals surface area contributed by atoms with Crippen molar-refractivity contribution < 1.29 is 9.47 Å². The molecular formula is C16H20N4O2S. The maximum absolute atomic E-state index is 6.07. The molecule has 1 aliphatic heterocycles. The van der Waals surface area contributed by atoms with Gasteiger partial charge in [-0.15, -0.1) is 11.3 Å². The number of morpholine rings is 1. The molecule has 0 bridgehead atoms. The highest BCUT2D eigenvalue weighted by atomic mass is 32.1. The lowest BCUT2D eigenvalue weighted by molar-refractivity contribution is -0.0819. The lowest BCUT2D eigenvalue weighted by atomic mass is 10.0. The van der Waals surface area contributed by atoms with Gasteiger partial charge in [0.2, 0.25) is 0 Å². The third-order valence-corrected chi connectivity index (χ3v) is 5.39. The van der Waals surface area contributed by atoms with Gasteiger partial charge in [-0.2, -0.15) is 0 Å². The molecule has 0 unspecified atom stereocenters. The van der Waals surface area contributed by atoms with Crippen LogP contribution in [0.15, 0.2) is 30.0 Å². The van der Waals surface area contributed by atoms with Crippen LogP contribution < -0.4 is 4.74 Å². The highest BCUT2D eigenvalue weighted by Gasteiger charge is 2.43. The van der Waals surface area contributed by atoms with Crippen LogP contribution in [0, 0.1) is 5.92 Å². The van der Waals surface area contributed by atoms with E-state index in [1.807, 2.05) is 11.6 Å². The topological polar surface area (TPSA) is 60.4 Å². The smallest absolute Gasteiger partial charge is 0.316 e. The molecule has 0 spiro atoms. The van der Waals surface area contributed by atoms with Crippen LogP contribution in [0.1, 0.15) is 17.8 Å². The molecular weight excluding hydrogens is 312 g/mol. The lowest BCUT2D eigenvalue weighted by Gasteiger charge is -2.38. The number of ether oxygens (including phenoxy) is 2. The number of aromatic nitrogens is 3. The molecule has 1 aliphatic carbocycles. The van der Waals surface area contributed by atoms with Gasteiger partial charge < -0.3 is 9.47 Å². The first-order valence-electron chi connectivity index (χ1n) is 8.04. The Morgan fingerprint density at radius 3 is 2.96 bits per heavy atom. The van der Waals surface area contributed by atoms with Crippen LogP contribution >= 0.6 is 11.3 Å². The second kappa shape index (κ2) is 6.90. The Morgan fingerprint density at radius 1 is 1.22 bits per heavy atom. The first-order valence-corrected chi connectivity index (χ1v) is 8.92. The summed E-state index contributed by atoms with van der Waals surface area (Å²) >= 11 is 1.72.